The monoisotopic (exact) mass is 519 g/mol. The van der Waals surface area contributed by atoms with E-state index >= 15 is 0 Å². The Balaban J connectivity index is 1.83. The Morgan fingerprint density at radius 3 is 2.52 bits per heavy atom. The summed E-state index contributed by atoms with van der Waals surface area (Å²) in [5.74, 6) is -1.45. The van der Waals surface area contributed by atoms with Crippen LogP contribution in [0, 0.1) is 0 Å². The number of rotatable bonds is 4. The summed E-state index contributed by atoms with van der Waals surface area (Å²) < 4.78 is 7.39. The van der Waals surface area contributed by atoms with Gasteiger partial charge >= 0.3 is 0 Å². The molecule has 0 aromatic heterocycles. The van der Waals surface area contributed by atoms with E-state index in [0.717, 1.165) is 27.4 Å². The van der Waals surface area contributed by atoms with E-state index in [1.54, 1.807) is 24.3 Å². The number of carbonyl (C=O) groups excluding carboxylic acids is 2. The molecule has 1 N–H and O–H groups in total. The Kier molecular flexibility index (Phi) is 5.90. The molecular formula is C22H19Br2NO4. The molecule has 2 unspecified atom stereocenters. The van der Waals surface area contributed by atoms with Gasteiger partial charge in [-0.15, -0.1) is 0 Å². The molecular weight excluding hydrogens is 502 g/mol. The fraction of sp³-hybridized carbons (Fsp3) is 0.273. The zero-order valence-electron chi connectivity index (χ0n) is 15.5. The number of carbonyl (C=O) groups is 2. The van der Waals surface area contributed by atoms with Crippen molar-refractivity contribution < 1.29 is 19.4 Å². The standard InChI is InChI=1S/C22H19Br2NO4/c23-15-8-6-13(7-9-15)20(26)18-19(14-3-1-4-16(24)11-14)25(22(28)21(18)27)12-17-5-2-10-29-17/h1,3-4,6-9,11,17,19,26H,2,5,10,12H2/b20-18+. The van der Waals surface area contributed by atoms with Crippen LogP contribution >= 0.6 is 31.9 Å². The van der Waals surface area contributed by atoms with Crippen LogP contribution in [0.4, 0.5) is 0 Å². The maximum Gasteiger partial charge on any atom is 0.295 e. The second kappa shape index (κ2) is 8.42. The highest BCUT2D eigenvalue weighted by Crippen LogP contribution is 2.40. The maximum absolute atomic E-state index is 13.0. The number of ketones is 1. The number of hydrogen-bond donors (Lipinski definition) is 1. The number of hydrogen-bond acceptors (Lipinski definition) is 4. The van der Waals surface area contributed by atoms with Crippen molar-refractivity contribution in [2.24, 2.45) is 0 Å². The lowest BCUT2D eigenvalue weighted by molar-refractivity contribution is -0.140. The summed E-state index contributed by atoms with van der Waals surface area (Å²) in [4.78, 5) is 27.4. The van der Waals surface area contributed by atoms with E-state index in [2.05, 4.69) is 31.9 Å². The molecule has 0 bridgehead atoms. The number of ether oxygens (including phenoxy) is 1. The van der Waals surface area contributed by atoms with Crippen molar-refractivity contribution in [3.05, 3.63) is 74.2 Å². The Bertz CT molecular complexity index is 981. The zero-order valence-corrected chi connectivity index (χ0v) is 18.6. The summed E-state index contributed by atoms with van der Waals surface area (Å²) in [7, 11) is 0. The average molecular weight is 521 g/mol. The van der Waals surface area contributed by atoms with Gasteiger partial charge in [0.2, 0.25) is 0 Å². The predicted octanol–water partition coefficient (Wildman–Crippen LogP) is 4.81. The van der Waals surface area contributed by atoms with Crippen LogP contribution in [-0.4, -0.2) is 41.0 Å². The molecule has 0 spiro atoms. The molecule has 150 valence electrons. The van der Waals surface area contributed by atoms with Crippen LogP contribution in [0.2, 0.25) is 0 Å². The summed E-state index contributed by atoms with van der Waals surface area (Å²) >= 11 is 6.83. The van der Waals surface area contributed by atoms with Crippen molar-refractivity contribution in [3.63, 3.8) is 0 Å². The van der Waals surface area contributed by atoms with Gasteiger partial charge in [0.15, 0.2) is 0 Å². The minimum Gasteiger partial charge on any atom is -0.507 e. The number of nitrogens with zero attached hydrogens (tertiary/aromatic N) is 1. The number of benzene rings is 2. The lowest BCUT2D eigenvalue weighted by atomic mass is 9.95. The van der Waals surface area contributed by atoms with Gasteiger partial charge in [-0.2, -0.15) is 0 Å². The van der Waals surface area contributed by atoms with Crippen molar-refractivity contribution in [1.29, 1.82) is 0 Å². The van der Waals surface area contributed by atoms with Gasteiger partial charge in [0.1, 0.15) is 5.76 Å². The van der Waals surface area contributed by atoms with E-state index in [4.69, 9.17) is 4.74 Å². The van der Waals surface area contributed by atoms with E-state index in [9.17, 15) is 14.7 Å². The average Bonchev–Trinajstić information content (AvgIpc) is 3.30. The Morgan fingerprint density at radius 1 is 1.10 bits per heavy atom. The number of halogens is 2. The Labute approximate surface area is 185 Å². The molecule has 4 rings (SSSR count). The second-order valence-corrected chi connectivity index (χ2v) is 8.98. The lowest BCUT2D eigenvalue weighted by Crippen LogP contribution is -2.36. The first-order valence-corrected chi connectivity index (χ1v) is 11.0. The van der Waals surface area contributed by atoms with E-state index in [-0.39, 0.29) is 17.4 Å². The van der Waals surface area contributed by atoms with E-state index in [1.165, 1.54) is 4.90 Å². The summed E-state index contributed by atoms with van der Waals surface area (Å²) in [6.07, 6.45) is 1.69. The topological polar surface area (TPSA) is 66.8 Å². The number of aliphatic hydroxyl groups excluding tert-OH is 1. The highest BCUT2D eigenvalue weighted by Gasteiger charge is 2.47. The molecule has 0 radical (unpaired) electrons. The second-order valence-electron chi connectivity index (χ2n) is 7.15. The molecule has 2 saturated heterocycles. The molecule has 0 aliphatic carbocycles. The predicted molar refractivity (Wildman–Crippen MR) is 116 cm³/mol. The molecule has 2 aromatic rings. The fourth-order valence-electron chi connectivity index (χ4n) is 3.86. The lowest BCUT2D eigenvalue weighted by Gasteiger charge is -2.27. The van der Waals surface area contributed by atoms with Crippen molar-refractivity contribution in [2.75, 3.05) is 13.2 Å². The normalized spacial score (nSPS) is 23.7. The van der Waals surface area contributed by atoms with Gasteiger partial charge < -0.3 is 14.7 Å². The van der Waals surface area contributed by atoms with Crippen LogP contribution in [0.25, 0.3) is 5.76 Å². The van der Waals surface area contributed by atoms with Gasteiger partial charge in [-0.25, -0.2) is 0 Å². The van der Waals surface area contributed by atoms with Crippen LogP contribution in [0.15, 0.2) is 63.0 Å². The third-order valence-corrected chi connectivity index (χ3v) is 6.27. The Hall–Kier alpha value is -1.96. The molecule has 1 amide bonds. The first-order valence-electron chi connectivity index (χ1n) is 9.37. The summed E-state index contributed by atoms with van der Waals surface area (Å²) in [6.45, 7) is 0.980. The molecule has 2 aromatic carbocycles. The molecule has 7 heteroatoms. The molecule has 5 nitrogen and oxygen atoms in total. The molecule has 0 saturated carbocycles. The molecule has 2 atom stereocenters. The van der Waals surface area contributed by atoms with Crippen molar-refractivity contribution in [2.45, 2.75) is 25.0 Å². The maximum atomic E-state index is 13.0. The SMILES string of the molecule is O=C1C(=O)N(CC2CCCO2)C(c2cccc(Br)c2)/C1=C(\O)c1ccc(Br)cc1. The third kappa shape index (κ3) is 4.04. The van der Waals surface area contributed by atoms with E-state index in [0.29, 0.717) is 18.7 Å². The minimum atomic E-state index is -0.673. The highest BCUT2D eigenvalue weighted by molar-refractivity contribution is 9.10. The van der Waals surface area contributed by atoms with E-state index < -0.39 is 17.7 Å². The minimum absolute atomic E-state index is 0.101. The summed E-state index contributed by atoms with van der Waals surface area (Å²) in [6, 6.07) is 13.8. The zero-order chi connectivity index (χ0) is 20.5. The molecule has 2 fully saturated rings. The Morgan fingerprint density at radius 2 is 1.86 bits per heavy atom. The highest BCUT2D eigenvalue weighted by atomic mass is 79.9. The number of Topliss-reactive ketones (excluding diaryl/α,β-unsaturated/α-hetero) is 1. The molecule has 2 aliphatic heterocycles. The molecule has 29 heavy (non-hydrogen) atoms. The van der Waals surface area contributed by atoms with Gasteiger partial charge in [0, 0.05) is 27.7 Å². The van der Waals surface area contributed by atoms with Crippen LogP contribution in [-0.2, 0) is 14.3 Å². The van der Waals surface area contributed by atoms with Crippen molar-refractivity contribution in [1.82, 2.24) is 4.90 Å². The van der Waals surface area contributed by atoms with Crippen molar-refractivity contribution >= 4 is 49.3 Å². The third-order valence-electron chi connectivity index (χ3n) is 5.25. The summed E-state index contributed by atoms with van der Waals surface area (Å²) in [5, 5.41) is 11.0. The quantitative estimate of drug-likeness (QED) is 0.357. The van der Waals surface area contributed by atoms with Crippen LogP contribution < -0.4 is 0 Å². The first-order chi connectivity index (χ1) is 14.0. The first kappa shape index (κ1) is 20.3. The van der Waals surface area contributed by atoms with Crippen LogP contribution in [0.1, 0.15) is 30.0 Å². The summed E-state index contributed by atoms with van der Waals surface area (Å²) in [5.41, 5.74) is 1.35. The van der Waals surface area contributed by atoms with Gasteiger partial charge in [-0.05, 0) is 42.7 Å². The van der Waals surface area contributed by atoms with Gasteiger partial charge in [-0.3, -0.25) is 9.59 Å². The number of amides is 1. The number of aliphatic hydroxyl groups is 1. The largest absolute Gasteiger partial charge is 0.507 e. The molecule has 2 aliphatic rings. The smallest absolute Gasteiger partial charge is 0.295 e. The van der Waals surface area contributed by atoms with Gasteiger partial charge in [0.05, 0.1) is 17.7 Å². The van der Waals surface area contributed by atoms with Gasteiger partial charge in [-0.1, -0.05) is 56.1 Å². The van der Waals surface area contributed by atoms with E-state index in [1.807, 2.05) is 24.3 Å². The van der Waals surface area contributed by atoms with Crippen LogP contribution in [0.5, 0.6) is 0 Å². The van der Waals surface area contributed by atoms with Crippen molar-refractivity contribution in [3.8, 4) is 0 Å². The fourth-order valence-corrected chi connectivity index (χ4v) is 4.54. The van der Waals surface area contributed by atoms with Gasteiger partial charge in [0.25, 0.3) is 11.7 Å². The van der Waals surface area contributed by atoms with Crippen LogP contribution in [0.3, 0.4) is 0 Å². The molecule has 2 heterocycles. The number of likely N-dealkylation sites (tertiary alicyclic amines) is 1.